The third kappa shape index (κ3) is 4.75. The number of hydrazone groups is 1. The van der Waals surface area contributed by atoms with Gasteiger partial charge >= 0.3 is 5.97 Å². The first kappa shape index (κ1) is 16.9. The Morgan fingerprint density at radius 2 is 2.09 bits per heavy atom. The quantitative estimate of drug-likeness (QED) is 0.360. The number of carbonyl (C=O) groups excluding carboxylic acids is 2. The van der Waals surface area contributed by atoms with Crippen molar-refractivity contribution in [3.8, 4) is 0 Å². The molecule has 0 spiro atoms. The molecule has 1 atom stereocenters. The van der Waals surface area contributed by atoms with Crippen molar-refractivity contribution in [1.82, 2.24) is 10.7 Å². The number of thioether (sulfide) groups is 1. The van der Waals surface area contributed by atoms with Gasteiger partial charge in [0.05, 0.1) is 18.2 Å². The van der Waals surface area contributed by atoms with Gasteiger partial charge in [0.2, 0.25) is 0 Å². The van der Waals surface area contributed by atoms with Crippen molar-refractivity contribution >= 4 is 35.5 Å². The Kier molecular flexibility index (Phi) is 5.64. The summed E-state index contributed by atoms with van der Waals surface area (Å²) in [6.45, 7) is 0. The van der Waals surface area contributed by atoms with E-state index in [0.717, 1.165) is 17.3 Å². The molecular weight excluding hydrogens is 316 g/mol. The van der Waals surface area contributed by atoms with Crippen molar-refractivity contribution in [3.63, 3.8) is 0 Å². The van der Waals surface area contributed by atoms with Crippen molar-refractivity contribution in [3.05, 3.63) is 40.8 Å². The smallest absolute Gasteiger partial charge is 0.331 e. The van der Waals surface area contributed by atoms with Gasteiger partial charge in [0.25, 0.3) is 5.91 Å². The molecule has 8 heteroatoms. The molecule has 0 radical (unpaired) electrons. The molecule has 0 saturated carbocycles. The Morgan fingerprint density at radius 3 is 2.70 bits per heavy atom. The third-order valence-corrected chi connectivity index (χ3v) is 4.01. The van der Waals surface area contributed by atoms with E-state index in [1.165, 1.54) is 18.9 Å². The lowest BCUT2D eigenvalue weighted by atomic mass is 10.2. The lowest BCUT2D eigenvalue weighted by molar-refractivity contribution is -0.135. The molecule has 1 unspecified atom stereocenters. The third-order valence-electron chi connectivity index (χ3n) is 3.00. The van der Waals surface area contributed by atoms with Crippen LogP contribution in [-0.4, -0.2) is 44.8 Å². The SMILES string of the molecule is COC(=O)C=C1SC(NN=Cc2ccc(N(C)C)cc2)NC1=O. The van der Waals surface area contributed by atoms with Gasteiger partial charge in [-0.15, -0.1) is 0 Å². The van der Waals surface area contributed by atoms with Gasteiger partial charge in [-0.3, -0.25) is 10.2 Å². The van der Waals surface area contributed by atoms with Gasteiger partial charge in [0, 0.05) is 25.9 Å². The Balaban J connectivity index is 1.90. The molecule has 1 fully saturated rings. The summed E-state index contributed by atoms with van der Waals surface area (Å²) in [5.74, 6) is -0.892. The zero-order chi connectivity index (χ0) is 16.8. The minimum Gasteiger partial charge on any atom is -0.466 e. The fraction of sp³-hybridized carbons (Fsp3) is 0.267. The van der Waals surface area contributed by atoms with E-state index >= 15 is 0 Å². The first-order valence-corrected chi connectivity index (χ1v) is 7.70. The summed E-state index contributed by atoms with van der Waals surface area (Å²) >= 11 is 1.17. The maximum absolute atomic E-state index is 11.7. The molecule has 2 rings (SSSR count). The molecule has 1 saturated heterocycles. The van der Waals surface area contributed by atoms with E-state index in [0.29, 0.717) is 4.91 Å². The molecule has 1 aromatic rings. The number of amides is 1. The zero-order valence-corrected chi connectivity index (χ0v) is 13.9. The highest BCUT2D eigenvalue weighted by Gasteiger charge is 2.27. The van der Waals surface area contributed by atoms with Crippen LogP contribution in [0.5, 0.6) is 0 Å². The summed E-state index contributed by atoms with van der Waals surface area (Å²) in [6, 6.07) is 7.88. The Morgan fingerprint density at radius 1 is 1.39 bits per heavy atom. The van der Waals surface area contributed by atoms with Crippen molar-refractivity contribution in [1.29, 1.82) is 0 Å². The maximum atomic E-state index is 11.7. The second-order valence-corrected chi connectivity index (χ2v) is 6.02. The molecule has 2 N–H and O–H groups in total. The first-order chi connectivity index (χ1) is 11.0. The number of hydrogen-bond acceptors (Lipinski definition) is 7. The number of nitrogens with zero attached hydrogens (tertiary/aromatic N) is 2. The Hall–Kier alpha value is -2.48. The average molecular weight is 334 g/mol. The summed E-state index contributed by atoms with van der Waals surface area (Å²) in [4.78, 5) is 25.1. The number of ether oxygens (including phenoxy) is 1. The van der Waals surface area contributed by atoms with Crippen LogP contribution in [-0.2, 0) is 14.3 Å². The molecule has 7 nitrogen and oxygen atoms in total. The number of nitrogens with one attached hydrogen (secondary N) is 2. The van der Waals surface area contributed by atoms with Gasteiger partial charge in [-0.2, -0.15) is 5.10 Å². The number of hydrogen-bond donors (Lipinski definition) is 2. The Labute approximate surface area is 138 Å². The van der Waals surface area contributed by atoms with Gasteiger partial charge in [-0.25, -0.2) is 4.79 Å². The lowest BCUT2D eigenvalue weighted by Gasteiger charge is -2.11. The van der Waals surface area contributed by atoms with Crippen molar-refractivity contribution < 1.29 is 14.3 Å². The van der Waals surface area contributed by atoms with Crippen LogP contribution in [0.1, 0.15) is 5.56 Å². The molecule has 23 heavy (non-hydrogen) atoms. The summed E-state index contributed by atoms with van der Waals surface area (Å²) in [7, 11) is 5.21. The number of anilines is 1. The topological polar surface area (TPSA) is 83.0 Å². The van der Waals surface area contributed by atoms with Gasteiger partial charge < -0.3 is 15.0 Å². The minimum absolute atomic E-state index is 0.292. The van der Waals surface area contributed by atoms with Crippen LogP contribution in [0.25, 0.3) is 0 Å². The van der Waals surface area contributed by atoms with Crippen LogP contribution in [0.2, 0.25) is 0 Å². The Bertz CT molecular complexity index is 641. The number of rotatable bonds is 5. The van der Waals surface area contributed by atoms with Crippen LogP contribution >= 0.6 is 11.8 Å². The van der Waals surface area contributed by atoms with Crippen LogP contribution in [0.15, 0.2) is 40.3 Å². The largest absolute Gasteiger partial charge is 0.466 e. The van der Waals surface area contributed by atoms with E-state index in [1.54, 1.807) is 6.21 Å². The number of benzene rings is 1. The molecule has 0 bridgehead atoms. The average Bonchev–Trinajstić information content (AvgIpc) is 2.87. The van der Waals surface area contributed by atoms with E-state index in [-0.39, 0.29) is 5.91 Å². The highest BCUT2D eigenvalue weighted by molar-refractivity contribution is 8.05. The van der Waals surface area contributed by atoms with Gasteiger partial charge in [-0.05, 0) is 17.7 Å². The van der Waals surface area contributed by atoms with Crippen LogP contribution in [0.4, 0.5) is 5.69 Å². The molecule has 1 aliphatic heterocycles. The highest BCUT2D eigenvalue weighted by Crippen LogP contribution is 2.25. The van der Waals surface area contributed by atoms with E-state index < -0.39 is 11.5 Å². The molecule has 122 valence electrons. The summed E-state index contributed by atoms with van der Waals surface area (Å²) in [5, 5.41) is 6.76. The highest BCUT2D eigenvalue weighted by atomic mass is 32.2. The summed E-state index contributed by atoms with van der Waals surface area (Å²) in [5.41, 5.74) is 4.43. The predicted molar refractivity (Wildman–Crippen MR) is 91.1 cm³/mol. The minimum atomic E-state index is -0.562. The first-order valence-electron chi connectivity index (χ1n) is 6.83. The number of carbonyl (C=O) groups is 2. The monoisotopic (exact) mass is 334 g/mol. The van der Waals surface area contributed by atoms with Crippen molar-refractivity contribution in [2.45, 2.75) is 5.50 Å². The fourth-order valence-corrected chi connectivity index (χ4v) is 2.63. The molecule has 1 heterocycles. The van der Waals surface area contributed by atoms with Gasteiger partial charge in [0.15, 0.2) is 5.50 Å². The lowest BCUT2D eigenvalue weighted by Crippen LogP contribution is -2.34. The van der Waals surface area contributed by atoms with Crippen molar-refractivity contribution in [2.75, 3.05) is 26.1 Å². The summed E-state index contributed by atoms with van der Waals surface area (Å²) < 4.78 is 4.50. The predicted octanol–water partition coefficient (Wildman–Crippen LogP) is 0.880. The molecule has 1 amide bonds. The van der Waals surface area contributed by atoms with Crippen molar-refractivity contribution in [2.24, 2.45) is 5.10 Å². The van der Waals surface area contributed by atoms with E-state index in [4.69, 9.17) is 0 Å². The number of esters is 1. The van der Waals surface area contributed by atoms with Crippen LogP contribution in [0, 0.1) is 0 Å². The summed E-state index contributed by atoms with van der Waals surface area (Å²) in [6.07, 6.45) is 2.82. The second kappa shape index (κ2) is 7.68. The van der Waals surface area contributed by atoms with E-state index in [1.807, 2.05) is 43.3 Å². The van der Waals surface area contributed by atoms with Gasteiger partial charge in [0.1, 0.15) is 0 Å². The van der Waals surface area contributed by atoms with Crippen LogP contribution < -0.4 is 15.6 Å². The molecule has 1 aromatic carbocycles. The van der Waals surface area contributed by atoms with E-state index in [2.05, 4.69) is 20.6 Å². The normalized spacial score (nSPS) is 19.0. The zero-order valence-electron chi connectivity index (χ0n) is 13.1. The molecule has 0 aliphatic carbocycles. The molecule has 0 aromatic heterocycles. The fourth-order valence-electron chi connectivity index (χ4n) is 1.76. The molecular formula is C15H18N4O3S. The maximum Gasteiger partial charge on any atom is 0.331 e. The van der Waals surface area contributed by atoms with Gasteiger partial charge in [-0.1, -0.05) is 23.9 Å². The molecule has 1 aliphatic rings. The number of methoxy groups -OCH3 is 1. The second-order valence-electron chi connectivity index (χ2n) is 4.88. The standard InChI is InChI=1S/C15H18N4O3S/c1-19(2)11-6-4-10(5-7-11)9-16-18-15-17-14(21)12(23-15)8-13(20)22-3/h4-9,15,18H,1-3H3,(H,17,21). The van der Waals surface area contributed by atoms with E-state index in [9.17, 15) is 9.59 Å². The van der Waals surface area contributed by atoms with Crippen LogP contribution in [0.3, 0.4) is 0 Å².